The molecule has 1 amide bonds. The maximum atomic E-state index is 12.1. The minimum atomic E-state index is -0.449. The first-order valence-electron chi connectivity index (χ1n) is 7.91. The smallest absolute Gasteiger partial charge is 0.270 e. The van der Waals surface area contributed by atoms with Crippen molar-refractivity contribution >= 4 is 28.3 Å². The van der Waals surface area contributed by atoms with Gasteiger partial charge in [0.1, 0.15) is 12.1 Å². The van der Waals surface area contributed by atoms with Crippen LogP contribution in [-0.2, 0) is 4.79 Å². The van der Waals surface area contributed by atoms with E-state index in [4.69, 9.17) is 0 Å². The highest BCUT2D eigenvalue weighted by Gasteiger charge is 2.38. The second-order valence-corrected chi connectivity index (χ2v) is 6.28. The van der Waals surface area contributed by atoms with E-state index in [9.17, 15) is 14.9 Å². The number of hydrogen-bond acceptors (Lipinski definition) is 6. The van der Waals surface area contributed by atoms with Gasteiger partial charge in [0.05, 0.1) is 10.4 Å². The molecule has 0 aliphatic heterocycles. The van der Waals surface area contributed by atoms with E-state index >= 15 is 0 Å². The first-order valence-corrected chi connectivity index (χ1v) is 7.91. The third kappa shape index (κ3) is 3.12. The molecule has 0 spiro atoms. The molecule has 1 fully saturated rings. The van der Waals surface area contributed by atoms with E-state index in [-0.39, 0.29) is 17.0 Å². The number of nitro groups is 1. The summed E-state index contributed by atoms with van der Waals surface area (Å²) in [7, 11) is 0. The van der Waals surface area contributed by atoms with E-state index in [1.807, 2.05) is 6.92 Å². The Bertz CT molecular complexity index is 788. The molecule has 8 nitrogen and oxygen atoms in total. The third-order valence-corrected chi connectivity index (χ3v) is 4.54. The molecular weight excluding hydrogens is 310 g/mol. The molecule has 2 N–H and O–H groups in total. The van der Waals surface area contributed by atoms with Gasteiger partial charge in [-0.25, -0.2) is 9.97 Å². The van der Waals surface area contributed by atoms with Crippen molar-refractivity contribution in [3.05, 3.63) is 34.6 Å². The van der Waals surface area contributed by atoms with Crippen molar-refractivity contribution in [1.29, 1.82) is 0 Å². The molecule has 0 atom stereocenters. The number of amides is 1. The van der Waals surface area contributed by atoms with Crippen LogP contribution in [0, 0.1) is 15.5 Å². The normalized spacial score (nSPS) is 15.5. The minimum absolute atomic E-state index is 0.00781. The van der Waals surface area contributed by atoms with Gasteiger partial charge in [-0.2, -0.15) is 0 Å². The van der Waals surface area contributed by atoms with Crippen molar-refractivity contribution in [3.8, 4) is 0 Å². The number of nitrogens with zero attached hydrogens (tertiary/aromatic N) is 3. The number of aromatic nitrogens is 2. The Morgan fingerprint density at radius 1 is 1.33 bits per heavy atom. The monoisotopic (exact) mass is 329 g/mol. The van der Waals surface area contributed by atoms with Crippen molar-refractivity contribution in [3.63, 3.8) is 0 Å². The van der Waals surface area contributed by atoms with Gasteiger partial charge in [-0.3, -0.25) is 14.9 Å². The second kappa shape index (κ2) is 6.38. The Morgan fingerprint density at radius 2 is 2.12 bits per heavy atom. The Morgan fingerprint density at radius 3 is 2.79 bits per heavy atom. The summed E-state index contributed by atoms with van der Waals surface area (Å²) in [6.07, 6.45) is 4.39. The van der Waals surface area contributed by atoms with Gasteiger partial charge < -0.3 is 10.6 Å². The van der Waals surface area contributed by atoms with E-state index < -0.39 is 4.92 Å². The molecule has 1 aliphatic rings. The van der Waals surface area contributed by atoms with Gasteiger partial charge in [-0.15, -0.1) is 0 Å². The molecule has 2 aromatic rings. The zero-order valence-corrected chi connectivity index (χ0v) is 13.4. The van der Waals surface area contributed by atoms with Crippen LogP contribution in [0.25, 0.3) is 10.9 Å². The fourth-order valence-corrected chi connectivity index (χ4v) is 2.80. The number of non-ortho nitro benzene ring substituents is 1. The summed E-state index contributed by atoms with van der Waals surface area (Å²) in [5, 5.41) is 17.5. The van der Waals surface area contributed by atoms with E-state index in [0.29, 0.717) is 29.8 Å². The Balaban J connectivity index is 1.63. The van der Waals surface area contributed by atoms with Gasteiger partial charge >= 0.3 is 0 Å². The van der Waals surface area contributed by atoms with Gasteiger partial charge in [-0.05, 0) is 18.9 Å². The van der Waals surface area contributed by atoms with Crippen molar-refractivity contribution in [2.45, 2.75) is 26.2 Å². The Kier molecular flexibility index (Phi) is 4.28. The molecule has 1 aromatic carbocycles. The molecule has 8 heteroatoms. The van der Waals surface area contributed by atoms with E-state index in [1.165, 1.54) is 18.5 Å². The molecule has 3 rings (SSSR count). The fraction of sp³-hybridized carbons (Fsp3) is 0.438. The van der Waals surface area contributed by atoms with Crippen molar-refractivity contribution < 1.29 is 9.72 Å². The quantitative estimate of drug-likeness (QED) is 0.478. The van der Waals surface area contributed by atoms with Crippen molar-refractivity contribution in [2.75, 3.05) is 18.4 Å². The van der Waals surface area contributed by atoms with Crippen LogP contribution in [0.4, 0.5) is 11.5 Å². The van der Waals surface area contributed by atoms with E-state index in [0.717, 1.165) is 19.3 Å². The van der Waals surface area contributed by atoms with E-state index in [1.54, 1.807) is 6.07 Å². The summed E-state index contributed by atoms with van der Waals surface area (Å²) in [5.41, 5.74) is 0.401. The predicted molar refractivity (Wildman–Crippen MR) is 89.6 cm³/mol. The summed E-state index contributed by atoms with van der Waals surface area (Å²) in [6, 6.07) is 4.46. The largest absolute Gasteiger partial charge is 0.368 e. The second-order valence-electron chi connectivity index (χ2n) is 6.28. The Hall–Kier alpha value is -2.77. The summed E-state index contributed by atoms with van der Waals surface area (Å²) in [6.45, 7) is 2.93. The molecule has 0 saturated heterocycles. The number of nitrogens with one attached hydrogen (secondary N) is 2. The summed E-state index contributed by atoms with van der Waals surface area (Å²) in [5.74, 6) is 0.603. The molecule has 24 heavy (non-hydrogen) atoms. The number of benzene rings is 1. The van der Waals surface area contributed by atoms with Crippen LogP contribution >= 0.6 is 0 Å². The topological polar surface area (TPSA) is 110 Å². The zero-order chi connectivity index (χ0) is 17.2. The van der Waals surface area contributed by atoms with E-state index in [2.05, 4.69) is 20.6 Å². The first kappa shape index (κ1) is 16.1. The van der Waals surface area contributed by atoms with Crippen molar-refractivity contribution in [2.24, 2.45) is 5.41 Å². The highest BCUT2D eigenvalue weighted by Crippen LogP contribution is 2.40. The lowest BCUT2D eigenvalue weighted by Gasteiger charge is -2.36. The van der Waals surface area contributed by atoms with Crippen LogP contribution in [0.2, 0.25) is 0 Å². The van der Waals surface area contributed by atoms with Gasteiger partial charge in [0.15, 0.2) is 0 Å². The highest BCUT2D eigenvalue weighted by atomic mass is 16.6. The number of carbonyl (C=O) groups excluding carboxylic acids is 1. The molecule has 1 aromatic heterocycles. The van der Waals surface area contributed by atoms with Crippen LogP contribution in [0.1, 0.15) is 26.2 Å². The van der Waals surface area contributed by atoms with Crippen molar-refractivity contribution in [1.82, 2.24) is 15.3 Å². The molecular formula is C16H19N5O3. The molecule has 0 radical (unpaired) electrons. The lowest BCUT2D eigenvalue weighted by atomic mass is 9.70. The summed E-state index contributed by atoms with van der Waals surface area (Å²) in [4.78, 5) is 30.8. The molecule has 0 bridgehead atoms. The lowest BCUT2D eigenvalue weighted by Crippen LogP contribution is -2.44. The number of carbonyl (C=O) groups is 1. The maximum Gasteiger partial charge on any atom is 0.270 e. The van der Waals surface area contributed by atoms with Gasteiger partial charge in [-0.1, -0.05) is 13.3 Å². The van der Waals surface area contributed by atoms with Crippen LogP contribution < -0.4 is 10.6 Å². The Labute approximate surface area is 138 Å². The average molecular weight is 329 g/mol. The van der Waals surface area contributed by atoms with Gasteiger partial charge in [0.2, 0.25) is 5.91 Å². The predicted octanol–water partition coefficient (Wildman–Crippen LogP) is 2.26. The molecule has 0 unspecified atom stereocenters. The highest BCUT2D eigenvalue weighted by molar-refractivity contribution is 5.90. The van der Waals surface area contributed by atoms with Crippen LogP contribution in [-0.4, -0.2) is 33.9 Å². The number of anilines is 1. The number of hydrogen-bond donors (Lipinski definition) is 2. The minimum Gasteiger partial charge on any atom is -0.368 e. The van der Waals surface area contributed by atoms with Crippen LogP contribution in [0.15, 0.2) is 24.5 Å². The number of fused-ring (bicyclic) bond motifs is 1. The molecule has 1 aliphatic carbocycles. The molecule has 1 heterocycles. The number of nitro benzene ring substituents is 1. The first-order chi connectivity index (χ1) is 11.5. The lowest BCUT2D eigenvalue weighted by molar-refractivity contribution is -0.384. The summed E-state index contributed by atoms with van der Waals surface area (Å²) >= 11 is 0. The van der Waals surface area contributed by atoms with Gasteiger partial charge in [0, 0.05) is 36.0 Å². The third-order valence-electron chi connectivity index (χ3n) is 4.54. The average Bonchev–Trinajstić information content (AvgIpc) is 2.55. The maximum absolute atomic E-state index is 12.1. The van der Waals surface area contributed by atoms with Crippen LogP contribution in [0.3, 0.4) is 0 Å². The molecule has 1 saturated carbocycles. The fourth-order valence-electron chi connectivity index (χ4n) is 2.80. The SMILES string of the molecule is CC1(C(=O)NCCNc2ncnc3ccc([N+](=O)[O-])cc23)CCC1. The summed E-state index contributed by atoms with van der Waals surface area (Å²) < 4.78 is 0. The standard InChI is InChI=1S/C16H19N5O3/c1-16(5-2-6-16)15(22)18-8-7-17-14-12-9-11(21(23)24)3-4-13(12)19-10-20-14/h3-4,9-10H,2,5-8H2,1H3,(H,18,22)(H,17,19,20). The van der Waals surface area contributed by atoms with Gasteiger partial charge in [0.25, 0.3) is 5.69 Å². The number of rotatable bonds is 6. The molecule has 126 valence electrons. The van der Waals surface area contributed by atoms with Crippen LogP contribution in [0.5, 0.6) is 0 Å². The zero-order valence-electron chi connectivity index (χ0n) is 13.4.